The quantitative estimate of drug-likeness (QED) is 0.690. The van der Waals surface area contributed by atoms with Crippen LogP contribution >= 0.6 is 0 Å². The number of hydrogen-bond donors (Lipinski definition) is 0. The fraction of sp³-hybridized carbons (Fsp3) is 0.500. The van der Waals surface area contributed by atoms with Gasteiger partial charge in [0, 0.05) is 25.1 Å². The summed E-state index contributed by atoms with van der Waals surface area (Å²) >= 11 is 0. The van der Waals surface area contributed by atoms with Gasteiger partial charge in [-0.1, -0.05) is 38.1 Å². The summed E-state index contributed by atoms with van der Waals surface area (Å²) in [6, 6.07) is 8.44. The number of fused-ring (bicyclic) bond motifs is 4. The number of allylic oxidation sites excluding steroid dienone is 2. The average Bonchev–Trinajstić information content (AvgIpc) is 2.45. The van der Waals surface area contributed by atoms with Gasteiger partial charge in [-0.15, -0.1) is 0 Å². The van der Waals surface area contributed by atoms with E-state index < -0.39 is 0 Å². The van der Waals surface area contributed by atoms with Gasteiger partial charge in [-0.3, -0.25) is 9.59 Å². The molecule has 1 atom stereocenters. The molecule has 1 aromatic rings. The summed E-state index contributed by atoms with van der Waals surface area (Å²) in [5.74, 6) is 0.0816. The number of Topliss-reactive ketones (excluding diaryl/α,β-unsaturated/α-hetero) is 2. The van der Waals surface area contributed by atoms with Crippen LogP contribution < -0.4 is 0 Å². The van der Waals surface area contributed by atoms with Crippen LogP contribution in [0.25, 0.3) is 0 Å². The number of carbonyl (C=O) groups is 2. The first kappa shape index (κ1) is 14.7. The molecule has 1 aromatic carbocycles. The molecule has 0 spiro atoms. The topological polar surface area (TPSA) is 37.4 Å². The second kappa shape index (κ2) is 4.56. The van der Waals surface area contributed by atoms with Crippen molar-refractivity contribution < 1.29 is 9.59 Å². The SMILES string of the molecule is CC1(C)CC(=O)C2=C(C1)N1CCc3ccccc3[C@@]1(C)CC2=O. The van der Waals surface area contributed by atoms with Crippen LogP contribution in [0.2, 0.25) is 0 Å². The summed E-state index contributed by atoms with van der Waals surface area (Å²) in [6.45, 7) is 7.31. The summed E-state index contributed by atoms with van der Waals surface area (Å²) in [6.07, 6.45) is 2.69. The molecule has 0 saturated heterocycles. The maximum atomic E-state index is 12.8. The highest BCUT2D eigenvalue weighted by atomic mass is 16.1. The van der Waals surface area contributed by atoms with E-state index in [0.717, 1.165) is 25.1 Å². The third kappa shape index (κ3) is 2.02. The highest BCUT2D eigenvalue weighted by molar-refractivity contribution is 6.22. The lowest BCUT2D eigenvalue weighted by atomic mass is 9.67. The van der Waals surface area contributed by atoms with Gasteiger partial charge in [0.2, 0.25) is 0 Å². The second-order valence-corrected chi connectivity index (χ2v) is 8.20. The van der Waals surface area contributed by atoms with Crippen LogP contribution in [0, 0.1) is 5.41 Å². The molecule has 4 rings (SSSR count). The number of ketones is 2. The lowest BCUT2D eigenvalue weighted by molar-refractivity contribution is -0.127. The molecule has 1 aliphatic carbocycles. The Labute approximate surface area is 137 Å². The molecule has 3 nitrogen and oxygen atoms in total. The zero-order valence-corrected chi connectivity index (χ0v) is 14.1. The molecule has 120 valence electrons. The molecule has 0 saturated carbocycles. The van der Waals surface area contributed by atoms with Crippen LogP contribution in [0.15, 0.2) is 35.5 Å². The summed E-state index contributed by atoms with van der Waals surface area (Å²) in [7, 11) is 0. The van der Waals surface area contributed by atoms with E-state index in [1.807, 2.05) is 0 Å². The fourth-order valence-electron chi connectivity index (χ4n) is 4.75. The van der Waals surface area contributed by atoms with E-state index in [1.165, 1.54) is 11.1 Å². The summed E-state index contributed by atoms with van der Waals surface area (Å²) in [5, 5.41) is 0. The number of benzene rings is 1. The van der Waals surface area contributed by atoms with Crippen molar-refractivity contribution in [3.8, 4) is 0 Å². The Balaban J connectivity index is 1.90. The monoisotopic (exact) mass is 309 g/mol. The zero-order chi connectivity index (χ0) is 16.4. The van der Waals surface area contributed by atoms with E-state index in [9.17, 15) is 9.59 Å². The molecule has 0 aromatic heterocycles. The molecule has 2 heterocycles. The molecule has 0 bridgehead atoms. The maximum Gasteiger partial charge on any atom is 0.170 e. The molecule has 3 heteroatoms. The van der Waals surface area contributed by atoms with E-state index in [4.69, 9.17) is 0 Å². The van der Waals surface area contributed by atoms with Gasteiger partial charge in [-0.2, -0.15) is 0 Å². The van der Waals surface area contributed by atoms with Crippen molar-refractivity contribution >= 4 is 11.6 Å². The smallest absolute Gasteiger partial charge is 0.170 e. The Kier molecular flexibility index (Phi) is 2.91. The van der Waals surface area contributed by atoms with E-state index in [0.29, 0.717) is 18.4 Å². The molecule has 23 heavy (non-hydrogen) atoms. The van der Waals surface area contributed by atoms with Crippen LogP contribution in [0.5, 0.6) is 0 Å². The van der Waals surface area contributed by atoms with Crippen LogP contribution in [0.1, 0.15) is 51.2 Å². The predicted octanol–water partition coefficient (Wildman–Crippen LogP) is 3.38. The van der Waals surface area contributed by atoms with Crippen molar-refractivity contribution in [2.75, 3.05) is 6.54 Å². The number of nitrogens with zero attached hydrogens (tertiary/aromatic N) is 1. The minimum absolute atomic E-state index is 0.0379. The van der Waals surface area contributed by atoms with Crippen LogP contribution in [-0.2, 0) is 21.5 Å². The normalized spacial score (nSPS) is 29.1. The van der Waals surface area contributed by atoms with Gasteiger partial charge >= 0.3 is 0 Å². The maximum absolute atomic E-state index is 12.8. The molecule has 0 fully saturated rings. The predicted molar refractivity (Wildman–Crippen MR) is 88.9 cm³/mol. The fourth-order valence-corrected chi connectivity index (χ4v) is 4.75. The summed E-state index contributed by atoms with van der Waals surface area (Å²) < 4.78 is 0. The van der Waals surface area contributed by atoms with Gasteiger partial charge in [0.1, 0.15) is 0 Å². The zero-order valence-electron chi connectivity index (χ0n) is 14.1. The molecule has 3 aliphatic rings. The van der Waals surface area contributed by atoms with Gasteiger partial charge in [-0.25, -0.2) is 0 Å². The van der Waals surface area contributed by atoms with Gasteiger partial charge in [0.15, 0.2) is 11.6 Å². The van der Waals surface area contributed by atoms with Gasteiger partial charge in [0.05, 0.1) is 11.1 Å². The minimum Gasteiger partial charge on any atom is -0.364 e. The van der Waals surface area contributed by atoms with E-state index in [-0.39, 0.29) is 22.5 Å². The minimum atomic E-state index is -0.307. The molecule has 0 radical (unpaired) electrons. The van der Waals surface area contributed by atoms with Crippen molar-refractivity contribution in [2.24, 2.45) is 5.41 Å². The molecular weight excluding hydrogens is 286 g/mol. The van der Waals surface area contributed by atoms with E-state index >= 15 is 0 Å². The number of rotatable bonds is 0. The van der Waals surface area contributed by atoms with Crippen molar-refractivity contribution in [3.05, 3.63) is 46.7 Å². The van der Waals surface area contributed by atoms with Gasteiger partial charge < -0.3 is 4.90 Å². The Hall–Kier alpha value is -1.90. The van der Waals surface area contributed by atoms with E-state index in [2.05, 4.69) is 49.9 Å². The van der Waals surface area contributed by atoms with Crippen molar-refractivity contribution in [3.63, 3.8) is 0 Å². The van der Waals surface area contributed by atoms with E-state index in [1.54, 1.807) is 0 Å². The van der Waals surface area contributed by atoms with Crippen LogP contribution in [0.3, 0.4) is 0 Å². The second-order valence-electron chi connectivity index (χ2n) is 8.20. The first-order valence-electron chi connectivity index (χ1n) is 8.47. The molecule has 0 amide bonds. The Morgan fingerprint density at radius 3 is 2.43 bits per heavy atom. The highest BCUT2D eigenvalue weighted by Crippen LogP contribution is 2.50. The third-order valence-corrected chi connectivity index (χ3v) is 5.76. The number of carbonyl (C=O) groups excluding carboxylic acids is 2. The molecular formula is C20H23NO2. The van der Waals surface area contributed by atoms with Crippen LogP contribution in [-0.4, -0.2) is 23.0 Å². The largest absolute Gasteiger partial charge is 0.364 e. The summed E-state index contributed by atoms with van der Waals surface area (Å²) in [4.78, 5) is 27.8. The lowest BCUT2D eigenvalue weighted by Gasteiger charge is -2.53. The first-order chi connectivity index (χ1) is 10.8. The van der Waals surface area contributed by atoms with Crippen molar-refractivity contribution in [1.82, 2.24) is 4.90 Å². The van der Waals surface area contributed by atoms with Gasteiger partial charge in [-0.05, 0) is 36.3 Å². The Morgan fingerprint density at radius 2 is 1.65 bits per heavy atom. The lowest BCUT2D eigenvalue weighted by Crippen LogP contribution is -2.55. The van der Waals surface area contributed by atoms with Gasteiger partial charge in [0.25, 0.3) is 0 Å². The standard InChI is InChI=1S/C20H23NO2/c1-19(2)10-15-18(16(22)11-19)17(23)12-20(3)14-7-5-4-6-13(14)8-9-21(15)20/h4-7H,8-12H2,1-3H3/t20-/m1/s1. The van der Waals surface area contributed by atoms with Crippen LogP contribution in [0.4, 0.5) is 0 Å². The molecule has 2 aliphatic heterocycles. The Morgan fingerprint density at radius 1 is 0.957 bits per heavy atom. The van der Waals surface area contributed by atoms with Crippen molar-refractivity contribution in [2.45, 2.75) is 52.0 Å². The molecule has 0 N–H and O–H groups in total. The third-order valence-electron chi connectivity index (χ3n) is 5.76. The number of hydrogen-bond acceptors (Lipinski definition) is 3. The average molecular weight is 309 g/mol. The molecule has 0 unspecified atom stereocenters. The summed E-state index contributed by atoms with van der Waals surface area (Å²) in [5.41, 5.74) is 3.72. The highest BCUT2D eigenvalue weighted by Gasteiger charge is 2.50. The first-order valence-corrected chi connectivity index (χ1v) is 8.47. The Bertz CT molecular complexity index is 759. The van der Waals surface area contributed by atoms with Crippen molar-refractivity contribution in [1.29, 1.82) is 0 Å².